The highest BCUT2D eigenvalue weighted by atomic mass is 16.3. The van der Waals surface area contributed by atoms with Gasteiger partial charge in [0.15, 0.2) is 0 Å². The maximum absolute atomic E-state index is 6.12. The Morgan fingerprint density at radius 1 is 0.255 bits per heavy atom. The Bertz CT molecular complexity index is 4810. The zero-order chi connectivity index (χ0) is 68.7. The fourth-order valence-corrected chi connectivity index (χ4v) is 13.2. The van der Waals surface area contributed by atoms with E-state index in [1.165, 1.54) is 150 Å². The first kappa shape index (κ1) is 67.9. The lowest BCUT2D eigenvalue weighted by Crippen LogP contribution is -1.95. The summed E-state index contributed by atoms with van der Waals surface area (Å²) in [4.78, 5) is 12.5. The SMILES string of the molecule is Cc1cc(C)cc(-c2cccc3c2oc2ccccc23)c1.Cc1cc(C)cc(-c2ccccc2)c1.Cc1cc(C)cc(-c2ccccn2)c1.Cc1cc(C)cc(-c2cccnc2)c1.Cc1cc(C)cc(-c2ccncc2)c1.Cc1cc(C)cc(-n2c3ccccc3c3ccccc32)c1. The van der Waals surface area contributed by atoms with Crippen molar-refractivity contribution in [2.75, 3.05) is 0 Å². The number of nitrogens with zero attached hydrogens (tertiary/aromatic N) is 4. The van der Waals surface area contributed by atoms with Gasteiger partial charge in [-0.1, -0.05) is 256 Å². The van der Waals surface area contributed by atoms with Gasteiger partial charge in [0.2, 0.25) is 0 Å². The van der Waals surface area contributed by atoms with Gasteiger partial charge in [0.1, 0.15) is 11.2 Å². The lowest BCUT2D eigenvalue weighted by atomic mass is 9.99. The molecule has 0 fully saturated rings. The molecule has 5 heterocycles. The lowest BCUT2D eigenvalue weighted by Gasteiger charge is -2.10. The van der Waals surface area contributed by atoms with Crippen molar-refractivity contribution in [3.8, 4) is 61.5 Å². The van der Waals surface area contributed by atoms with Crippen molar-refractivity contribution in [1.29, 1.82) is 0 Å². The molecular weight excluding hydrogens is 1190 g/mol. The summed E-state index contributed by atoms with van der Waals surface area (Å²) in [5, 5.41) is 4.99. The van der Waals surface area contributed by atoms with Crippen molar-refractivity contribution in [2.45, 2.75) is 83.1 Å². The number of aryl methyl sites for hydroxylation is 12. The number of furan rings is 1. The van der Waals surface area contributed by atoms with Gasteiger partial charge < -0.3 is 8.98 Å². The standard InChI is InChI=1S/C20H17N.C20H16O.C14H14.3C13H13N/c1-14-11-15(2)13-16(12-14)21-19-9-5-3-7-17(19)18-8-4-6-10-20(18)21;1-13-10-14(2)12-15(11-13)16-7-5-8-18-17-6-3-4-9-19(17)21-20(16)18;1-11-8-12(2)10-14(9-11)13-6-4-3-5-7-13;1-10-7-11(2)9-13(8-10)12-3-5-14-6-4-12;1-10-6-11(2)8-13(7-10)12-4-3-5-14-9-12;1-10-7-11(2)9-12(8-10)13-5-3-4-6-14-13/h3-13H,1-2H3;3-12H,1-2H3;3-10H,1-2H3;3*3-9H,1-2H3. The van der Waals surface area contributed by atoms with E-state index in [9.17, 15) is 0 Å². The number of hydrogen-bond acceptors (Lipinski definition) is 4. The number of pyridine rings is 3. The molecule has 0 saturated heterocycles. The van der Waals surface area contributed by atoms with Gasteiger partial charge in [-0.15, -0.1) is 0 Å². The molecule has 0 amide bonds. The van der Waals surface area contributed by atoms with Gasteiger partial charge in [-0.25, -0.2) is 0 Å². The molecule has 0 atom stereocenters. The van der Waals surface area contributed by atoms with Crippen LogP contribution in [0.2, 0.25) is 0 Å². The van der Waals surface area contributed by atoms with E-state index in [1.807, 2.05) is 79.4 Å². The van der Waals surface area contributed by atoms with Gasteiger partial charge >= 0.3 is 0 Å². The maximum atomic E-state index is 6.12. The molecule has 5 nitrogen and oxygen atoms in total. The molecule has 0 unspecified atom stereocenters. The molecule has 0 radical (unpaired) electrons. The molecule has 484 valence electrons. The normalized spacial score (nSPS) is 10.7. The molecule has 0 N–H and O–H groups in total. The number of fused-ring (bicyclic) bond motifs is 6. The summed E-state index contributed by atoms with van der Waals surface area (Å²) in [5.74, 6) is 0. The van der Waals surface area contributed by atoms with Crippen LogP contribution in [0.5, 0.6) is 0 Å². The predicted octanol–water partition coefficient (Wildman–Crippen LogP) is 25.3. The van der Waals surface area contributed by atoms with Gasteiger partial charge in [-0.05, 0) is 200 Å². The molecule has 0 spiro atoms. The summed E-state index contributed by atoms with van der Waals surface area (Å²) in [7, 11) is 0. The molecule has 11 aromatic carbocycles. The van der Waals surface area contributed by atoms with Crippen molar-refractivity contribution in [1.82, 2.24) is 19.5 Å². The molecule has 16 rings (SSSR count). The molecule has 5 heteroatoms. The first-order valence-corrected chi connectivity index (χ1v) is 33.6. The summed E-state index contributed by atoms with van der Waals surface area (Å²) in [6, 6.07) is 96.1. The molecular formula is C93H86N4O. The summed E-state index contributed by atoms with van der Waals surface area (Å²) >= 11 is 0. The van der Waals surface area contributed by atoms with Gasteiger partial charge in [-0.2, -0.15) is 0 Å². The second-order valence-electron chi connectivity index (χ2n) is 25.9. The fourth-order valence-electron chi connectivity index (χ4n) is 13.2. The zero-order valence-corrected chi connectivity index (χ0v) is 58.6. The van der Waals surface area contributed by atoms with Crippen LogP contribution >= 0.6 is 0 Å². The van der Waals surface area contributed by atoms with Crippen LogP contribution in [0.15, 0.2) is 308 Å². The van der Waals surface area contributed by atoms with Crippen LogP contribution in [0, 0.1) is 83.1 Å². The Hall–Kier alpha value is -11.5. The summed E-state index contributed by atoms with van der Waals surface area (Å²) in [5.41, 5.74) is 33.4. The molecule has 98 heavy (non-hydrogen) atoms. The van der Waals surface area contributed by atoms with E-state index in [2.05, 4.69) is 321 Å². The van der Waals surface area contributed by atoms with Gasteiger partial charge in [0, 0.05) is 74.9 Å². The van der Waals surface area contributed by atoms with E-state index in [1.54, 1.807) is 6.20 Å². The molecule has 16 aromatic rings. The first-order chi connectivity index (χ1) is 47.5. The van der Waals surface area contributed by atoms with Gasteiger partial charge in [-0.3, -0.25) is 15.0 Å². The van der Waals surface area contributed by atoms with Gasteiger partial charge in [0.25, 0.3) is 0 Å². The van der Waals surface area contributed by atoms with E-state index < -0.39 is 0 Å². The second kappa shape index (κ2) is 31.8. The number of rotatable bonds is 6. The van der Waals surface area contributed by atoms with Crippen LogP contribution in [0.4, 0.5) is 0 Å². The van der Waals surface area contributed by atoms with Crippen LogP contribution in [0.25, 0.3) is 105 Å². The Labute approximate surface area is 579 Å². The minimum absolute atomic E-state index is 0.948. The molecule has 0 aliphatic carbocycles. The van der Waals surface area contributed by atoms with E-state index >= 15 is 0 Å². The van der Waals surface area contributed by atoms with E-state index in [-0.39, 0.29) is 0 Å². The van der Waals surface area contributed by atoms with Crippen LogP contribution in [0.1, 0.15) is 66.8 Å². The summed E-state index contributed by atoms with van der Waals surface area (Å²) in [6.45, 7) is 25.6. The highest BCUT2D eigenvalue weighted by Gasteiger charge is 2.14. The number of aromatic nitrogens is 4. The smallest absolute Gasteiger partial charge is 0.143 e. The molecule has 0 aliphatic heterocycles. The highest BCUT2D eigenvalue weighted by molar-refractivity contribution is 6.10. The van der Waals surface area contributed by atoms with E-state index in [4.69, 9.17) is 4.42 Å². The number of hydrogen-bond donors (Lipinski definition) is 0. The van der Waals surface area contributed by atoms with Crippen LogP contribution in [0.3, 0.4) is 0 Å². The minimum Gasteiger partial charge on any atom is -0.455 e. The van der Waals surface area contributed by atoms with E-state index in [0.29, 0.717) is 0 Å². The van der Waals surface area contributed by atoms with Crippen molar-refractivity contribution < 1.29 is 4.42 Å². The average Bonchev–Trinajstić information content (AvgIpc) is 1.61. The predicted molar refractivity (Wildman–Crippen MR) is 418 cm³/mol. The zero-order valence-electron chi connectivity index (χ0n) is 58.6. The van der Waals surface area contributed by atoms with E-state index in [0.717, 1.165) is 22.4 Å². The third-order valence-electron chi connectivity index (χ3n) is 16.9. The lowest BCUT2D eigenvalue weighted by molar-refractivity contribution is 0.670. The highest BCUT2D eigenvalue weighted by Crippen LogP contribution is 2.37. The Kier molecular flexibility index (Phi) is 22.0. The Morgan fingerprint density at radius 3 is 1.13 bits per heavy atom. The van der Waals surface area contributed by atoms with Crippen molar-refractivity contribution in [3.63, 3.8) is 0 Å². The molecule has 0 aliphatic rings. The number of para-hydroxylation sites is 4. The monoisotopic (exact) mass is 1270 g/mol. The quantitative estimate of drug-likeness (QED) is 0.166. The van der Waals surface area contributed by atoms with Crippen LogP contribution < -0.4 is 0 Å². The Morgan fingerprint density at radius 2 is 0.653 bits per heavy atom. The third-order valence-corrected chi connectivity index (χ3v) is 16.9. The molecule has 5 aromatic heterocycles. The minimum atomic E-state index is 0.948. The van der Waals surface area contributed by atoms with Crippen molar-refractivity contribution >= 4 is 43.7 Å². The Balaban J connectivity index is 0.000000120. The maximum Gasteiger partial charge on any atom is 0.143 e. The average molecular weight is 1280 g/mol. The largest absolute Gasteiger partial charge is 0.455 e. The fraction of sp³-hybridized carbons (Fsp3) is 0.129. The van der Waals surface area contributed by atoms with Crippen LogP contribution in [-0.2, 0) is 0 Å². The first-order valence-electron chi connectivity index (χ1n) is 33.6. The van der Waals surface area contributed by atoms with Gasteiger partial charge in [0.05, 0.1) is 16.7 Å². The topological polar surface area (TPSA) is 56.7 Å². The molecule has 0 saturated carbocycles. The van der Waals surface area contributed by atoms with Crippen molar-refractivity contribution in [3.05, 3.63) is 371 Å². The summed E-state index contributed by atoms with van der Waals surface area (Å²) < 4.78 is 8.48. The van der Waals surface area contributed by atoms with Crippen LogP contribution in [-0.4, -0.2) is 19.5 Å². The summed E-state index contributed by atoms with van der Waals surface area (Å²) in [6.07, 6.45) is 9.17. The molecule has 0 bridgehead atoms. The second-order valence-corrected chi connectivity index (χ2v) is 25.9. The third kappa shape index (κ3) is 17.5. The van der Waals surface area contributed by atoms with Crippen molar-refractivity contribution in [2.24, 2.45) is 0 Å². The number of benzene rings is 11.